The highest BCUT2D eigenvalue weighted by molar-refractivity contribution is 6.33. The number of pyridine rings is 2. The van der Waals surface area contributed by atoms with Crippen molar-refractivity contribution in [2.75, 3.05) is 24.7 Å². The third kappa shape index (κ3) is 2.19. The average Bonchev–Trinajstić information content (AvgIpc) is 2.40. The monoisotopic (exact) mass is 279 g/mol. The van der Waals surface area contributed by atoms with Crippen LogP contribution >= 0.6 is 11.6 Å². The molecule has 0 aliphatic carbocycles. The molecule has 3 heterocycles. The number of ether oxygens (including phenoxy) is 1. The number of anilines is 1. The van der Waals surface area contributed by atoms with E-state index in [0.717, 1.165) is 12.4 Å². The number of H-pyrrole nitrogens is 1. The van der Waals surface area contributed by atoms with E-state index in [0.29, 0.717) is 29.3 Å². The molecule has 3 rings (SSSR count). The lowest BCUT2D eigenvalue weighted by Gasteiger charge is -2.34. The third-order valence-corrected chi connectivity index (χ3v) is 3.65. The zero-order valence-corrected chi connectivity index (χ0v) is 11.3. The van der Waals surface area contributed by atoms with Crippen molar-refractivity contribution in [3.63, 3.8) is 0 Å². The number of nitrogens with zero attached hydrogens (tertiary/aromatic N) is 2. The SMILES string of the molecule is CC1COCCN1c1cc(=O)c2ccnc(Cl)c2[nH]1. The first-order valence-electron chi connectivity index (χ1n) is 6.19. The molecule has 1 saturated heterocycles. The van der Waals surface area contributed by atoms with Crippen LogP contribution in [0.4, 0.5) is 5.82 Å². The van der Waals surface area contributed by atoms with Crippen LogP contribution < -0.4 is 10.3 Å². The lowest BCUT2D eigenvalue weighted by atomic mass is 10.2. The summed E-state index contributed by atoms with van der Waals surface area (Å²) in [4.78, 5) is 21.5. The molecule has 1 unspecified atom stereocenters. The van der Waals surface area contributed by atoms with Crippen molar-refractivity contribution in [1.29, 1.82) is 0 Å². The summed E-state index contributed by atoms with van der Waals surface area (Å²) in [5, 5.41) is 0.877. The Morgan fingerprint density at radius 2 is 2.42 bits per heavy atom. The maximum atomic E-state index is 12.1. The summed E-state index contributed by atoms with van der Waals surface area (Å²) < 4.78 is 5.40. The molecule has 1 fully saturated rings. The van der Waals surface area contributed by atoms with E-state index >= 15 is 0 Å². The number of hydrogen-bond acceptors (Lipinski definition) is 4. The highest BCUT2D eigenvalue weighted by atomic mass is 35.5. The minimum absolute atomic E-state index is 0.0493. The van der Waals surface area contributed by atoms with E-state index in [1.54, 1.807) is 12.1 Å². The Morgan fingerprint density at radius 1 is 1.58 bits per heavy atom. The van der Waals surface area contributed by atoms with Crippen molar-refractivity contribution in [2.45, 2.75) is 13.0 Å². The van der Waals surface area contributed by atoms with Crippen LogP contribution in [-0.4, -0.2) is 35.8 Å². The van der Waals surface area contributed by atoms with E-state index in [2.05, 4.69) is 21.8 Å². The van der Waals surface area contributed by atoms with Crippen LogP contribution in [0.3, 0.4) is 0 Å². The van der Waals surface area contributed by atoms with Gasteiger partial charge in [-0.2, -0.15) is 0 Å². The molecule has 0 aromatic carbocycles. The van der Waals surface area contributed by atoms with E-state index < -0.39 is 0 Å². The number of aromatic nitrogens is 2. The second-order valence-electron chi connectivity index (χ2n) is 4.66. The third-order valence-electron chi connectivity index (χ3n) is 3.37. The summed E-state index contributed by atoms with van der Waals surface area (Å²) >= 11 is 6.05. The van der Waals surface area contributed by atoms with Gasteiger partial charge in [-0.1, -0.05) is 11.6 Å². The number of rotatable bonds is 1. The van der Waals surface area contributed by atoms with Gasteiger partial charge in [-0.05, 0) is 13.0 Å². The molecule has 1 N–H and O–H groups in total. The van der Waals surface area contributed by atoms with Gasteiger partial charge in [0.15, 0.2) is 10.6 Å². The first kappa shape index (κ1) is 12.4. The second kappa shape index (κ2) is 4.83. The zero-order chi connectivity index (χ0) is 13.4. The van der Waals surface area contributed by atoms with Gasteiger partial charge in [0.2, 0.25) is 0 Å². The molecule has 0 amide bonds. The summed E-state index contributed by atoms with van der Waals surface area (Å²) in [5.41, 5.74) is 0.539. The maximum Gasteiger partial charge on any atom is 0.191 e. The van der Waals surface area contributed by atoms with E-state index in [4.69, 9.17) is 16.3 Å². The fourth-order valence-electron chi connectivity index (χ4n) is 2.37. The van der Waals surface area contributed by atoms with Crippen molar-refractivity contribution in [3.8, 4) is 0 Å². The quantitative estimate of drug-likeness (QED) is 0.809. The molecule has 1 aliphatic heterocycles. The Balaban J connectivity index is 2.15. The van der Waals surface area contributed by atoms with Crippen LogP contribution in [0.15, 0.2) is 23.1 Å². The van der Waals surface area contributed by atoms with E-state index in [1.165, 1.54) is 6.20 Å². The van der Waals surface area contributed by atoms with Crippen LogP contribution in [-0.2, 0) is 4.74 Å². The molecule has 5 nitrogen and oxygen atoms in total. The average molecular weight is 280 g/mol. The van der Waals surface area contributed by atoms with Gasteiger partial charge in [0.05, 0.1) is 30.2 Å². The number of halogens is 1. The van der Waals surface area contributed by atoms with Gasteiger partial charge in [0.1, 0.15) is 5.82 Å². The summed E-state index contributed by atoms with van der Waals surface area (Å²) in [7, 11) is 0. The highest BCUT2D eigenvalue weighted by Crippen LogP contribution is 2.21. The zero-order valence-electron chi connectivity index (χ0n) is 10.5. The van der Waals surface area contributed by atoms with Crippen molar-refractivity contribution in [2.24, 2.45) is 0 Å². The van der Waals surface area contributed by atoms with E-state index in [9.17, 15) is 4.79 Å². The number of fused-ring (bicyclic) bond motifs is 1. The minimum atomic E-state index is -0.0493. The molecule has 1 aliphatic rings. The van der Waals surface area contributed by atoms with Gasteiger partial charge in [0.25, 0.3) is 0 Å². The van der Waals surface area contributed by atoms with Crippen LogP contribution in [0.5, 0.6) is 0 Å². The van der Waals surface area contributed by atoms with Crippen LogP contribution in [0.1, 0.15) is 6.92 Å². The predicted molar refractivity (Wildman–Crippen MR) is 75.0 cm³/mol. The maximum absolute atomic E-state index is 12.1. The number of hydrogen-bond donors (Lipinski definition) is 1. The molecule has 19 heavy (non-hydrogen) atoms. The lowest BCUT2D eigenvalue weighted by Crippen LogP contribution is -2.44. The van der Waals surface area contributed by atoms with Gasteiger partial charge in [-0.3, -0.25) is 4.79 Å². The van der Waals surface area contributed by atoms with Crippen molar-refractivity contribution < 1.29 is 4.74 Å². The molecule has 0 saturated carbocycles. The summed E-state index contributed by atoms with van der Waals surface area (Å²) in [5.74, 6) is 0.767. The Bertz CT molecular complexity index is 670. The first-order chi connectivity index (χ1) is 9.16. The molecular weight excluding hydrogens is 266 g/mol. The van der Waals surface area contributed by atoms with Crippen molar-refractivity contribution in [1.82, 2.24) is 9.97 Å². The van der Waals surface area contributed by atoms with Gasteiger partial charge in [-0.25, -0.2) is 4.98 Å². The number of aromatic amines is 1. The smallest absolute Gasteiger partial charge is 0.191 e. The molecule has 0 radical (unpaired) electrons. The van der Waals surface area contributed by atoms with Gasteiger partial charge >= 0.3 is 0 Å². The molecule has 0 bridgehead atoms. The van der Waals surface area contributed by atoms with Crippen molar-refractivity contribution >= 4 is 28.3 Å². The molecule has 1 atom stereocenters. The number of nitrogens with one attached hydrogen (secondary N) is 1. The van der Waals surface area contributed by atoms with Crippen LogP contribution in [0.25, 0.3) is 10.9 Å². The Morgan fingerprint density at radius 3 is 3.21 bits per heavy atom. The Kier molecular flexibility index (Phi) is 3.16. The fourth-order valence-corrected chi connectivity index (χ4v) is 2.57. The van der Waals surface area contributed by atoms with Crippen LogP contribution in [0, 0.1) is 0 Å². The summed E-state index contributed by atoms with van der Waals surface area (Å²) in [6.07, 6.45) is 1.54. The van der Waals surface area contributed by atoms with Gasteiger partial charge in [-0.15, -0.1) is 0 Å². The molecule has 2 aromatic heterocycles. The summed E-state index contributed by atoms with van der Waals surface area (Å²) in [6, 6.07) is 3.50. The minimum Gasteiger partial charge on any atom is -0.377 e. The van der Waals surface area contributed by atoms with E-state index in [1.807, 2.05) is 0 Å². The highest BCUT2D eigenvalue weighted by Gasteiger charge is 2.20. The Labute approximate surface area is 115 Å². The van der Waals surface area contributed by atoms with Crippen molar-refractivity contribution in [3.05, 3.63) is 33.7 Å². The topological polar surface area (TPSA) is 58.2 Å². The molecule has 0 spiro atoms. The fraction of sp³-hybridized carbons (Fsp3) is 0.385. The molecule has 100 valence electrons. The predicted octanol–water partition coefficient (Wildman–Crippen LogP) is 1.80. The molecule has 6 heteroatoms. The second-order valence-corrected chi connectivity index (χ2v) is 5.02. The normalized spacial score (nSPS) is 19.9. The number of morpholine rings is 1. The van der Waals surface area contributed by atoms with Gasteiger partial charge < -0.3 is 14.6 Å². The molecule has 2 aromatic rings. The van der Waals surface area contributed by atoms with Crippen LogP contribution in [0.2, 0.25) is 5.15 Å². The van der Waals surface area contributed by atoms with Gasteiger partial charge in [0, 0.05) is 18.8 Å². The first-order valence-corrected chi connectivity index (χ1v) is 6.56. The summed E-state index contributed by atoms with van der Waals surface area (Å²) in [6.45, 7) is 4.12. The Hall–Kier alpha value is -1.59. The standard InChI is InChI=1S/C13H14ClN3O2/c1-8-7-19-5-4-17(8)11-6-10(18)9-2-3-15-13(14)12(9)16-11/h2-3,6,8H,4-5,7H2,1H3,(H,16,18). The molecular formula is C13H14ClN3O2. The largest absolute Gasteiger partial charge is 0.377 e. The van der Waals surface area contributed by atoms with E-state index in [-0.39, 0.29) is 11.5 Å². The lowest BCUT2D eigenvalue weighted by molar-refractivity contribution is 0.0985.